The number of carbonyl (C=O) groups is 1. The van der Waals surface area contributed by atoms with E-state index in [-0.39, 0.29) is 30.2 Å². The van der Waals surface area contributed by atoms with Crippen LogP contribution in [0, 0.1) is 5.41 Å². The zero-order valence-electron chi connectivity index (χ0n) is 17.1. The molecule has 1 unspecified atom stereocenters. The Morgan fingerprint density at radius 1 is 1.20 bits per heavy atom. The zero-order chi connectivity index (χ0) is 21.0. The second kappa shape index (κ2) is 6.87. The molecule has 160 valence electrons. The molecule has 0 N–H and O–H groups in total. The second-order valence-corrected chi connectivity index (χ2v) is 11.6. The molecule has 2 saturated heterocycles. The lowest BCUT2D eigenvalue weighted by Crippen LogP contribution is -2.69. The fourth-order valence-corrected chi connectivity index (χ4v) is 7.68. The number of nitrogens with zero attached hydrogens (tertiary/aromatic N) is 4. The summed E-state index contributed by atoms with van der Waals surface area (Å²) in [4.78, 5) is 23.6. The van der Waals surface area contributed by atoms with Crippen LogP contribution in [0.15, 0.2) is 28.9 Å². The Balaban J connectivity index is 1.39. The summed E-state index contributed by atoms with van der Waals surface area (Å²) in [6, 6.07) is 5.42. The average Bonchev–Trinajstić information content (AvgIpc) is 3.29. The molecule has 2 aromatic rings. The van der Waals surface area contributed by atoms with Gasteiger partial charge in [0.2, 0.25) is 17.6 Å². The van der Waals surface area contributed by atoms with Crippen LogP contribution < -0.4 is 0 Å². The molecule has 1 saturated carbocycles. The molecule has 1 aliphatic carbocycles. The number of hydrogen-bond acceptors (Lipinski definition) is 7. The molecule has 0 bridgehead atoms. The molecule has 1 atom stereocenters. The van der Waals surface area contributed by atoms with Crippen LogP contribution in [-0.2, 0) is 14.6 Å². The Hall–Kier alpha value is -2.29. The van der Waals surface area contributed by atoms with Gasteiger partial charge in [-0.1, -0.05) is 37.4 Å². The third-order valence-electron chi connectivity index (χ3n) is 7.24. The minimum Gasteiger partial charge on any atom is -0.339 e. The molecule has 2 aromatic heterocycles. The fraction of sp³-hybridized carbons (Fsp3) is 0.619. The first-order valence-electron chi connectivity index (χ1n) is 10.6. The molecule has 3 aliphatic rings. The van der Waals surface area contributed by atoms with E-state index < -0.39 is 20.5 Å². The van der Waals surface area contributed by atoms with E-state index in [0.29, 0.717) is 23.8 Å². The largest absolute Gasteiger partial charge is 0.339 e. The normalized spacial score (nSPS) is 26.4. The van der Waals surface area contributed by atoms with Crippen LogP contribution in [0.2, 0.25) is 0 Å². The third-order valence-corrected chi connectivity index (χ3v) is 9.80. The summed E-state index contributed by atoms with van der Waals surface area (Å²) < 4.78 is 30.5. The van der Waals surface area contributed by atoms with Crippen molar-refractivity contribution < 1.29 is 17.7 Å². The highest BCUT2D eigenvalue weighted by Crippen LogP contribution is 2.51. The number of hydrogen-bond donors (Lipinski definition) is 0. The second-order valence-electron chi connectivity index (χ2n) is 9.18. The Bertz CT molecular complexity index is 1050. The van der Waals surface area contributed by atoms with Crippen molar-refractivity contribution in [3.05, 3.63) is 30.3 Å². The number of pyridine rings is 1. The fourth-order valence-electron chi connectivity index (χ4n) is 5.37. The van der Waals surface area contributed by atoms with E-state index >= 15 is 0 Å². The molecule has 1 spiro atoms. The maximum Gasteiger partial charge on any atom is 0.231 e. The van der Waals surface area contributed by atoms with Crippen LogP contribution in [0.4, 0.5) is 0 Å². The summed E-state index contributed by atoms with van der Waals surface area (Å²) in [6.07, 6.45) is 7.12. The van der Waals surface area contributed by atoms with Crippen molar-refractivity contribution in [2.75, 3.05) is 18.8 Å². The molecular weight excluding hydrogens is 404 g/mol. The maximum atomic E-state index is 13.2. The highest BCUT2D eigenvalue weighted by atomic mass is 32.2. The smallest absolute Gasteiger partial charge is 0.231 e. The van der Waals surface area contributed by atoms with Crippen molar-refractivity contribution in [2.24, 2.45) is 5.41 Å². The Labute approximate surface area is 176 Å². The standard InChI is InChI=1S/C21H26N4O4S/c1-20(9-4-2-5-10-20)19(26)25-13-21(14-25)15(8-12-30(21,27)28)18-23-17(24-29-18)16-7-3-6-11-22-16/h3,6-7,11,15H,2,4-5,8-10,12-14H2,1H3. The highest BCUT2D eigenvalue weighted by molar-refractivity contribution is 7.93. The van der Waals surface area contributed by atoms with E-state index in [2.05, 4.69) is 15.1 Å². The molecule has 3 fully saturated rings. The van der Waals surface area contributed by atoms with E-state index in [4.69, 9.17) is 4.52 Å². The maximum absolute atomic E-state index is 13.2. The van der Waals surface area contributed by atoms with Crippen molar-refractivity contribution >= 4 is 15.7 Å². The molecule has 4 heterocycles. The van der Waals surface area contributed by atoms with Crippen molar-refractivity contribution in [1.82, 2.24) is 20.0 Å². The lowest BCUT2D eigenvalue weighted by atomic mass is 9.73. The zero-order valence-corrected chi connectivity index (χ0v) is 17.9. The van der Waals surface area contributed by atoms with Gasteiger partial charge in [-0.15, -0.1) is 0 Å². The van der Waals surface area contributed by atoms with Gasteiger partial charge in [-0.2, -0.15) is 4.98 Å². The van der Waals surface area contributed by atoms with Gasteiger partial charge in [0.1, 0.15) is 10.4 Å². The molecule has 1 amide bonds. The SMILES string of the molecule is CC1(C(=O)N2CC3(C2)C(c2nc(-c4ccccn4)no2)CCS3(=O)=O)CCCCC1. The molecule has 0 aromatic carbocycles. The van der Waals surface area contributed by atoms with E-state index in [1.165, 1.54) is 6.42 Å². The first-order chi connectivity index (χ1) is 14.3. The number of aromatic nitrogens is 3. The summed E-state index contributed by atoms with van der Waals surface area (Å²) in [5.74, 6) is 0.460. The van der Waals surface area contributed by atoms with Gasteiger partial charge in [-0.3, -0.25) is 9.78 Å². The Morgan fingerprint density at radius 2 is 1.97 bits per heavy atom. The number of likely N-dealkylation sites (tertiary alicyclic amines) is 1. The van der Waals surface area contributed by atoms with Crippen LogP contribution >= 0.6 is 0 Å². The lowest BCUT2D eigenvalue weighted by Gasteiger charge is -2.51. The summed E-state index contributed by atoms with van der Waals surface area (Å²) in [6.45, 7) is 2.46. The van der Waals surface area contributed by atoms with Crippen LogP contribution in [-0.4, -0.2) is 57.9 Å². The minimum atomic E-state index is -3.36. The number of sulfone groups is 1. The number of amides is 1. The van der Waals surface area contributed by atoms with Gasteiger partial charge in [-0.05, 0) is 31.4 Å². The third kappa shape index (κ3) is 2.89. The molecule has 2 aliphatic heterocycles. The molecule has 5 rings (SSSR count). The van der Waals surface area contributed by atoms with Crippen molar-refractivity contribution in [3.8, 4) is 11.5 Å². The summed E-state index contributed by atoms with van der Waals surface area (Å²) in [5, 5.41) is 4.02. The van der Waals surface area contributed by atoms with E-state index in [1.54, 1.807) is 23.2 Å². The monoisotopic (exact) mass is 430 g/mol. The van der Waals surface area contributed by atoms with E-state index in [9.17, 15) is 13.2 Å². The van der Waals surface area contributed by atoms with Crippen LogP contribution in [0.3, 0.4) is 0 Å². The van der Waals surface area contributed by atoms with Crippen molar-refractivity contribution in [3.63, 3.8) is 0 Å². The van der Waals surface area contributed by atoms with Gasteiger partial charge < -0.3 is 9.42 Å². The van der Waals surface area contributed by atoms with Crippen LogP contribution in [0.25, 0.3) is 11.5 Å². The molecule has 30 heavy (non-hydrogen) atoms. The van der Waals surface area contributed by atoms with E-state index in [0.717, 1.165) is 25.7 Å². The molecule has 0 radical (unpaired) electrons. The molecule has 8 nitrogen and oxygen atoms in total. The number of rotatable bonds is 3. The van der Waals surface area contributed by atoms with Crippen LogP contribution in [0.1, 0.15) is 57.3 Å². The summed E-state index contributed by atoms with van der Waals surface area (Å²) >= 11 is 0. The highest BCUT2D eigenvalue weighted by Gasteiger charge is 2.65. The van der Waals surface area contributed by atoms with Gasteiger partial charge in [0, 0.05) is 24.7 Å². The first-order valence-corrected chi connectivity index (χ1v) is 12.3. The van der Waals surface area contributed by atoms with Crippen LogP contribution in [0.5, 0.6) is 0 Å². The summed E-state index contributed by atoms with van der Waals surface area (Å²) in [5.41, 5.74) is 0.215. The Kier molecular flexibility index (Phi) is 4.50. The minimum absolute atomic E-state index is 0.0816. The van der Waals surface area contributed by atoms with Gasteiger partial charge in [0.15, 0.2) is 9.84 Å². The van der Waals surface area contributed by atoms with Gasteiger partial charge in [0.25, 0.3) is 0 Å². The van der Waals surface area contributed by atoms with Gasteiger partial charge >= 0.3 is 0 Å². The predicted octanol–water partition coefficient (Wildman–Crippen LogP) is 2.59. The average molecular weight is 431 g/mol. The lowest BCUT2D eigenvalue weighted by molar-refractivity contribution is -0.149. The first kappa shape index (κ1) is 19.7. The Morgan fingerprint density at radius 3 is 2.67 bits per heavy atom. The molecule has 9 heteroatoms. The van der Waals surface area contributed by atoms with Crippen molar-refractivity contribution in [2.45, 2.75) is 56.1 Å². The van der Waals surface area contributed by atoms with E-state index in [1.807, 2.05) is 13.0 Å². The molecular formula is C21H26N4O4S. The number of carbonyl (C=O) groups excluding carboxylic acids is 1. The summed E-state index contributed by atoms with van der Waals surface area (Å²) in [7, 11) is -3.36. The topological polar surface area (TPSA) is 106 Å². The van der Waals surface area contributed by atoms with Gasteiger partial charge in [0.05, 0.1) is 11.7 Å². The quantitative estimate of drug-likeness (QED) is 0.737. The predicted molar refractivity (Wildman–Crippen MR) is 109 cm³/mol. The van der Waals surface area contributed by atoms with Gasteiger partial charge in [-0.25, -0.2) is 8.42 Å². The van der Waals surface area contributed by atoms with Crippen molar-refractivity contribution in [1.29, 1.82) is 0 Å².